The summed E-state index contributed by atoms with van der Waals surface area (Å²) in [6.45, 7) is 3.71. The van der Waals surface area contributed by atoms with Gasteiger partial charge in [-0.2, -0.15) is 0 Å². The van der Waals surface area contributed by atoms with Gasteiger partial charge in [0, 0.05) is 37.6 Å². The largest absolute Gasteiger partial charge is 0.481 e. The quantitative estimate of drug-likeness (QED) is 0.810. The fraction of sp³-hybridized carbons (Fsp3) is 0.538. The summed E-state index contributed by atoms with van der Waals surface area (Å²) in [4.78, 5) is 27.8. The van der Waals surface area contributed by atoms with Crippen molar-refractivity contribution in [1.82, 2.24) is 9.80 Å². The van der Waals surface area contributed by atoms with Crippen LogP contribution < -0.4 is 5.73 Å². The number of carbonyl (C=O) groups is 2. The lowest BCUT2D eigenvalue weighted by Crippen LogP contribution is -2.53. The molecule has 1 aromatic rings. The summed E-state index contributed by atoms with van der Waals surface area (Å²) in [5.41, 5.74) is 5.61. The summed E-state index contributed by atoms with van der Waals surface area (Å²) in [7, 11) is 0. The van der Waals surface area contributed by atoms with Gasteiger partial charge in [-0.1, -0.05) is 6.07 Å². The average molecular weight is 297 g/mol. The molecule has 2 rings (SSSR count). The van der Waals surface area contributed by atoms with Crippen LogP contribution in [0, 0.1) is 0 Å². The Hall–Kier alpha value is -1.44. The highest BCUT2D eigenvalue weighted by molar-refractivity contribution is 7.09. The van der Waals surface area contributed by atoms with Crippen LogP contribution >= 0.6 is 11.3 Å². The Bertz CT molecular complexity index is 455. The van der Waals surface area contributed by atoms with Crippen molar-refractivity contribution < 1.29 is 14.7 Å². The van der Waals surface area contributed by atoms with Crippen molar-refractivity contribution in [1.29, 1.82) is 0 Å². The second-order valence-electron chi connectivity index (χ2n) is 4.89. The summed E-state index contributed by atoms with van der Waals surface area (Å²) in [5.74, 6) is -1.30. The number of amides is 1. The Morgan fingerprint density at radius 2 is 2.05 bits per heavy atom. The van der Waals surface area contributed by atoms with Crippen molar-refractivity contribution in [3.8, 4) is 0 Å². The van der Waals surface area contributed by atoms with E-state index in [0.29, 0.717) is 13.1 Å². The summed E-state index contributed by atoms with van der Waals surface area (Å²) in [5, 5.41) is 10.7. The number of carbonyl (C=O) groups excluding carboxylic acids is 1. The Morgan fingerprint density at radius 1 is 1.35 bits per heavy atom. The molecule has 0 aromatic carbocycles. The highest BCUT2D eigenvalue weighted by Crippen LogP contribution is 2.14. The van der Waals surface area contributed by atoms with Crippen LogP contribution in [0.1, 0.15) is 11.3 Å². The molecule has 2 heterocycles. The van der Waals surface area contributed by atoms with E-state index >= 15 is 0 Å². The van der Waals surface area contributed by atoms with Gasteiger partial charge in [0.05, 0.1) is 12.5 Å². The maximum atomic E-state index is 12.0. The summed E-state index contributed by atoms with van der Waals surface area (Å²) >= 11 is 1.73. The highest BCUT2D eigenvalue weighted by atomic mass is 32.1. The van der Waals surface area contributed by atoms with Crippen molar-refractivity contribution in [2.45, 2.75) is 19.0 Å². The topological polar surface area (TPSA) is 86.9 Å². The number of rotatable bonds is 5. The van der Waals surface area contributed by atoms with E-state index < -0.39 is 12.0 Å². The van der Waals surface area contributed by atoms with Crippen LogP contribution in [0.4, 0.5) is 0 Å². The number of carboxylic acids is 1. The van der Waals surface area contributed by atoms with Crippen LogP contribution in [0.5, 0.6) is 0 Å². The third-order valence-corrected chi connectivity index (χ3v) is 4.22. The minimum atomic E-state index is -1.04. The fourth-order valence-electron chi connectivity index (χ4n) is 2.26. The lowest BCUT2D eigenvalue weighted by Gasteiger charge is -2.35. The van der Waals surface area contributed by atoms with E-state index in [1.54, 1.807) is 16.2 Å². The molecule has 0 aliphatic carbocycles. The predicted octanol–water partition coefficient (Wildman–Crippen LogP) is 0.194. The Balaban J connectivity index is 1.78. The molecule has 1 saturated heterocycles. The molecule has 1 aromatic heterocycles. The smallest absolute Gasteiger partial charge is 0.305 e. The molecular weight excluding hydrogens is 278 g/mol. The van der Waals surface area contributed by atoms with E-state index in [1.807, 2.05) is 6.07 Å². The van der Waals surface area contributed by atoms with Crippen LogP contribution in [0.3, 0.4) is 0 Å². The number of thiophene rings is 1. The second-order valence-corrected chi connectivity index (χ2v) is 5.92. The van der Waals surface area contributed by atoms with Crippen LogP contribution in [0.2, 0.25) is 0 Å². The molecule has 20 heavy (non-hydrogen) atoms. The molecule has 1 amide bonds. The first-order chi connectivity index (χ1) is 9.56. The van der Waals surface area contributed by atoms with E-state index in [1.165, 1.54) is 4.88 Å². The van der Waals surface area contributed by atoms with Crippen LogP contribution in [0.25, 0.3) is 0 Å². The molecule has 1 fully saturated rings. The number of aliphatic carboxylic acids is 1. The zero-order valence-electron chi connectivity index (χ0n) is 11.2. The molecule has 6 nitrogen and oxygen atoms in total. The van der Waals surface area contributed by atoms with E-state index in [4.69, 9.17) is 10.8 Å². The van der Waals surface area contributed by atoms with Gasteiger partial charge in [-0.25, -0.2) is 0 Å². The van der Waals surface area contributed by atoms with E-state index in [2.05, 4.69) is 16.3 Å². The number of piperazine rings is 1. The Kier molecular flexibility index (Phi) is 5.11. The zero-order chi connectivity index (χ0) is 14.5. The Morgan fingerprint density at radius 3 is 2.60 bits per heavy atom. The molecule has 1 aliphatic rings. The third kappa shape index (κ3) is 4.03. The predicted molar refractivity (Wildman–Crippen MR) is 76.4 cm³/mol. The molecule has 7 heteroatoms. The van der Waals surface area contributed by atoms with Crippen molar-refractivity contribution in [2.24, 2.45) is 5.73 Å². The van der Waals surface area contributed by atoms with Gasteiger partial charge in [0.2, 0.25) is 5.91 Å². The molecular formula is C13H19N3O3S. The monoisotopic (exact) mass is 297 g/mol. The molecule has 0 spiro atoms. The third-order valence-electron chi connectivity index (χ3n) is 3.36. The molecule has 0 bridgehead atoms. The van der Waals surface area contributed by atoms with Gasteiger partial charge in [-0.05, 0) is 11.4 Å². The number of hydrogen-bond donors (Lipinski definition) is 2. The standard InChI is InChI=1S/C13H19N3O3S/c14-11(8-12(17)18)13(19)16-5-3-15(4-6-16)9-10-2-1-7-20-10/h1-2,7,11H,3-6,8-9,14H2,(H,17,18). The van der Waals surface area contributed by atoms with Gasteiger partial charge >= 0.3 is 5.97 Å². The number of carboxylic acid groups (broad SMARTS) is 1. The maximum Gasteiger partial charge on any atom is 0.305 e. The zero-order valence-corrected chi connectivity index (χ0v) is 12.0. The van der Waals surface area contributed by atoms with Gasteiger partial charge in [-0.3, -0.25) is 14.5 Å². The van der Waals surface area contributed by atoms with Crippen molar-refractivity contribution >= 4 is 23.2 Å². The number of nitrogens with two attached hydrogens (primary N) is 1. The first kappa shape index (κ1) is 15.0. The molecule has 1 atom stereocenters. The number of nitrogens with zero attached hydrogens (tertiary/aromatic N) is 2. The van der Waals surface area contributed by atoms with Gasteiger partial charge in [0.25, 0.3) is 0 Å². The van der Waals surface area contributed by atoms with Gasteiger partial charge in [0.1, 0.15) is 0 Å². The van der Waals surface area contributed by atoms with Crippen LogP contribution in [-0.4, -0.2) is 59.0 Å². The maximum absolute atomic E-state index is 12.0. The summed E-state index contributed by atoms with van der Waals surface area (Å²) < 4.78 is 0. The molecule has 3 N–H and O–H groups in total. The van der Waals surface area contributed by atoms with E-state index in [-0.39, 0.29) is 12.3 Å². The van der Waals surface area contributed by atoms with Crippen LogP contribution in [-0.2, 0) is 16.1 Å². The molecule has 1 unspecified atom stereocenters. The fourth-order valence-corrected chi connectivity index (χ4v) is 3.01. The van der Waals surface area contributed by atoms with Gasteiger partial charge < -0.3 is 15.7 Å². The Labute approximate surface area is 121 Å². The molecule has 0 radical (unpaired) electrons. The second kappa shape index (κ2) is 6.83. The first-order valence-electron chi connectivity index (χ1n) is 6.57. The minimum absolute atomic E-state index is 0.261. The highest BCUT2D eigenvalue weighted by Gasteiger charge is 2.26. The first-order valence-corrected chi connectivity index (χ1v) is 7.45. The lowest BCUT2D eigenvalue weighted by molar-refractivity contribution is -0.142. The van der Waals surface area contributed by atoms with Gasteiger partial charge in [0.15, 0.2) is 0 Å². The van der Waals surface area contributed by atoms with Crippen molar-refractivity contribution in [2.75, 3.05) is 26.2 Å². The van der Waals surface area contributed by atoms with E-state index in [9.17, 15) is 9.59 Å². The molecule has 1 aliphatic heterocycles. The SMILES string of the molecule is NC(CC(=O)O)C(=O)N1CCN(Cc2cccs2)CC1. The molecule has 0 saturated carbocycles. The minimum Gasteiger partial charge on any atom is -0.481 e. The summed E-state index contributed by atoms with van der Waals surface area (Å²) in [6, 6.07) is 3.20. The average Bonchev–Trinajstić information content (AvgIpc) is 2.91. The molecule has 110 valence electrons. The van der Waals surface area contributed by atoms with Crippen molar-refractivity contribution in [3.05, 3.63) is 22.4 Å². The number of hydrogen-bond acceptors (Lipinski definition) is 5. The summed E-state index contributed by atoms with van der Waals surface area (Å²) in [6.07, 6.45) is -0.311. The lowest BCUT2D eigenvalue weighted by atomic mass is 10.1. The van der Waals surface area contributed by atoms with Crippen molar-refractivity contribution in [3.63, 3.8) is 0 Å². The normalized spacial score (nSPS) is 17.9. The van der Waals surface area contributed by atoms with Gasteiger partial charge in [-0.15, -0.1) is 11.3 Å². The van der Waals surface area contributed by atoms with Crippen LogP contribution in [0.15, 0.2) is 17.5 Å². The van der Waals surface area contributed by atoms with E-state index in [0.717, 1.165) is 19.6 Å².